The van der Waals surface area contributed by atoms with Gasteiger partial charge >= 0.3 is 7.12 Å². The first kappa shape index (κ1) is 16.5. The number of fused-ring (bicyclic) bond motifs is 1. The summed E-state index contributed by atoms with van der Waals surface area (Å²) in [4.78, 5) is 0. The molecule has 0 atom stereocenters. The first-order valence-electron chi connectivity index (χ1n) is 8.16. The molecule has 124 valence electrons. The standard InChI is InChI=1S/C18H24BFO3/c1-17(2)18(3,4)23-19(22-17)16(20)15-8-6-7-12-11-13(21-5)9-10-14(12)15/h9-11H,6-8H2,1-5H3. The SMILES string of the molecule is COc1ccc2c(c1)CCCC2=C(F)B1OC(C)(C)C(C)(C)O1. The number of hydrogen-bond acceptors (Lipinski definition) is 3. The Bertz CT molecular complexity index is 636. The molecule has 2 aliphatic rings. The van der Waals surface area contributed by atoms with Crippen molar-refractivity contribution in [3.63, 3.8) is 0 Å². The van der Waals surface area contributed by atoms with Crippen molar-refractivity contribution < 1.29 is 18.4 Å². The summed E-state index contributed by atoms with van der Waals surface area (Å²) in [7, 11) is 0.717. The minimum Gasteiger partial charge on any atom is -0.497 e. The van der Waals surface area contributed by atoms with Crippen LogP contribution in [0.4, 0.5) is 4.39 Å². The lowest BCUT2D eigenvalue weighted by molar-refractivity contribution is 0.00578. The van der Waals surface area contributed by atoms with E-state index in [1.54, 1.807) is 7.11 Å². The van der Waals surface area contributed by atoms with Crippen molar-refractivity contribution in [1.29, 1.82) is 0 Å². The van der Waals surface area contributed by atoms with Gasteiger partial charge in [0.05, 0.1) is 18.3 Å². The predicted octanol–water partition coefficient (Wildman–Crippen LogP) is 4.34. The van der Waals surface area contributed by atoms with Crippen molar-refractivity contribution in [2.45, 2.75) is 58.2 Å². The van der Waals surface area contributed by atoms with Crippen LogP contribution in [0.3, 0.4) is 0 Å². The van der Waals surface area contributed by atoms with Gasteiger partial charge in [-0.05, 0) is 75.8 Å². The lowest BCUT2D eigenvalue weighted by Gasteiger charge is -2.32. The Hall–Kier alpha value is -1.33. The Labute approximate surface area is 138 Å². The number of hydrogen-bond donors (Lipinski definition) is 0. The fourth-order valence-electron chi connectivity index (χ4n) is 3.13. The van der Waals surface area contributed by atoms with E-state index >= 15 is 4.39 Å². The highest BCUT2D eigenvalue weighted by Gasteiger charge is 2.53. The molecule has 0 N–H and O–H groups in total. The summed E-state index contributed by atoms with van der Waals surface area (Å²) in [5.74, 6) is 0.807. The highest BCUT2D eigenvalue weighted by atomic mass is 19.1. The van der Waals surface area contributed by atoms with Crippen molar-refractivity contribution >= 4 is 12.7 Å². The molecule has 0 radical (unpaired) electrons. The number of aryl methyl sites for hydroxylation is 1. The molecule has 5 heteroatoms. The molecule has 3 rings (SSSR count). The second kappa shape index (κ2) is 5.64. The van der Waals surface area contributed by atoms with Crippen molar-refractivity contribution in [3.05, 3.63) is 35.1 Å². The Morgan fingerprint density at radius 2 is 1.78 bits per heavy atom. The minimum absolute atomic E-state index is 0.297. The normalized spacial score (nSPS) is 24.3. The quantitative estimate of drug-likeness (QED) is 0.759. The minimum atomic E-state index is -0.928. The first-order chi connectivity index (χ1) is 10.7. The van der Waals surface area contributed by atoms with Gasteiger partial charge in [-0.1, -0.05) is 6.07 Å². The number of halogens is 1. The van der Waals surface area contributed by atoms with Gasteiger partial charge in [0, 0.05) is 0 Å². The zero-order chi connectivity index (χ0) is 16.8. The van der Waals surface area contributed by atoms with Crippen LogP contribution < -0.4 is 4.74 Å². The van der Waals surface area contributed by atoms with Crippen LogP contribution in [0.15, 0.2) is 23.9 Å². The van der Waals surface area contributed by atoms with Gasteiger partial charge in [0.2, 0.25) is 0 Å². The number of allylic oxidation sites excluding steroid dienone is 1. The molecule has 3 nitrogen and oxygen atoms in total. The molecule has 0 bridgehead atoms. The van der Waals surface area contributed by atoms with E-state index < -0.39 is 18.3 Å². The van der Waals surface area contributed by atoms with Gasteiger partial charge in [0.1, 0.15) is 11.5 Å². The molecule has 0 aromatic heterocycles. The van der Waals surface area contributed by atoms with Gasteiger partial charge in [-0.25, -0.2) is 4.39 Å². The molecular formula is C18H24BFO3. The smallest absolute Gasteiger partial charge is 0.497 e. The van der Waals surface area contributed by atoms with E-state index in [-0.39, 0.29) is 5.73 Å². The Morgan fingerprint density at radius 3 is 2.39 bits per heavy atom. The van der Waals surface area contributed by atoms with Gasteiger partial charge in [0.25, 0.3) is 0 Å². The van der Waals surface area contributed by atoms with Crippen LogP contribution in [0.1, 0.15) is 51.7 Å². The Morgan fingerprint density at radius 1 is 1.13 bits per heavy atom. The third kappa shape index (κ3) is 2.81. The van der Waals surface area contributed by atoms with E-state index in [1.807, 2.05) is 45.9 Å². The topological polar surface area (TPSA) is 27.7 Å². The predicted molar refractivity (Wildman–Crippen MR) is 90.0 cm³/mol. The van der Waals surface area contributed by atoms with E-state index in [0.717, 1.165) is 29.7 Å². The van der Waals surface area contributed by atoms with E-state index in [4.69, 9.17) is 14.0 Å². The molecule has 23 heavy (non-hydrogen) atoms. The molecule has 0 saturated carbocycles. The van der Waals surface area contributed by atoms with E-state index in [0.29, 0.717) is 12.0 Å². The van der Waals surface area contributed by atoms with Gasteiger partial charge in [0.15, 0.2) is 0 Å². The molecule has 1 heterocycles. The Kier molecular flexibility index (Phi) is 4.05. The monoisotopic (exact) mass is 318 g/mol. The number of benzene rings is 1. The Balaban J connectivity index is 1.98. The van der Waals surface area contributed by atoms with Crippen LogP contribution >= 0.6 is 0 Å². The molecule has 1 fully saturated rings. The van der Waals surface area contributed by atoms with Crippen molar-refractivity contribution in [3.8, 4) is 5.75 Å². The zero-order valence-electron chi connectivity index (χ0n) is 14.5. The summed E-state index contributed by atoms with van der Waals surface area (Å²) >= 11 is 0. The molecular weight excluding hydrogens is 294 g/mol. The maximum Gasteiger partial charge on any atom is 0.525 e. The molecule has 0 spiro atoms. The van der Waals surface area contributed by atoms with Crippen LogP contribution in [-0.2, 0) is 15.7 Å². The highest BCUT2D eigenvalue weighted by Crippen LogP contribution is 2.42. The second-order valence-electron chi connectivity index (χ2n) is 7.29. The maximum atomic E-state index is 15.1. The van der Waals surface area contributed by atoms with Crippen LogP contribution in [0.5, 0.6) is 5.75 Å². The van der Waals surface area contributed by atoms with Gasteiger partial charge in [-0.2, -0.15) is 0 Å². The zero-order valence-corrected chi connectivity index (χ0v) is 14.5. The number of rotatable bonds is 2. The molecule has 0 unspecified atom stereocenters. The van der Waals surface area contributed by atoms with Gasteiger partial charge in [-0.3, -0.25) is 0 Å². The van der Waals surface area contributed by atoms with E-state index in [9.17, 15) is 0 Å². The van der Waals surface area contributed by atoms with Crippen molar-refractivity contribution in [2.75, 3.05) is 7.11 Å². The molecule has 1 aromatic rings. The lowest BCUT2D eigenvalue weighted by atomic mass is 9.77. The summed E-state index contributed by atoms with van der Waals surface area (Å²) < 4.78 is 32.1. The van der Waals surface area contributed by atoms with Gasteiger partial charge < -0.3 is 14.0 Å². The van der Waals surface area contributed by atoms with Crippen LogP contribution in [0.25, 0.3) is 5.57 Å². The fourth-order valence-corrected chi connectivity index (χ4v) is 3.13. The van der Waals surface area contributed by atoms with Crippen LogP contribution in [0, 0.1) is 0 Å². The largest absolute Gasteiger partial charge is 0.525 e. The third-order valence-corrected chi connectivity index (χ3v) is 5.26. The molecule has 1 aliphatic heterocycles. The van der Waals surface area contributed by atoms with Crippen molar-refractivity contribution in [2.24, 2.45) is 0 Å². The summed E-state index contributed by atoms with van der Waals surface area (Å²) in [5.41, 5.74) is 1.41. The van der Waals surface area contributed by atoms with E-state index in [2.05, 4.69) is 0 Å². The van der Waals surface area contributed by atoms with Crippen LogP contribution in [0.2, 0.25) is 0 Å². The third-order valence-electron chi connectivity index (χ3n) is 5.26. The maximum absolute atomic E-state index is 15.1. The van der Waals surface area contributed by atoms with Gasteiger partial charge in [-0.15, -0.1) is 0 Å². The second-order valence-corrected chi connectivity index (χ2v) is 7.29. The number of ether oxygens (including phenoxy) is 1. The molecule has 0 amide bonds. The molecule has 1 aliphatic carbocycles. The first-order valence-corrected chi connectivity index (χ1v) is 8.16. The number of methoxy groups -OCH3 is 1. The molecule has 1 aromatic carbocycles. The fraction of sp³-hybridized carbons (Fsp3) is 0.556. The van der Waals surface area contributed by atoms with E-state index in [1.165, 1.54) is 0 Å². The van der Waals surface area contributed by atoms with Crippen LogP contribution in [-0.4, -0.2) is 25.4 Å². The summed E-state index contributed by atoms with van der Waals surface area (Å²) in [6, 6.07) is 5.81. The highest BCUT2D eigenvalue weighted by molar-refractivity contribution is 6.55. The summed E-state index contributed by atoms with van der Waals surface area (Å²) in [5, 5.41) is 0. The average molecular weight is 318 g/mol. The summed E-state index contributed by atoms with van der Waals surface area (Å²) in [6.07, 6.45) is 2.56. The molecule has 1 saturated heterocycles. The van der Waals surface area contributed by atoms with Crippen molar-refractivity contribution in [1.82, 2.24) is 0 Å². The summed E-state index contributed by atoms with van der Waals surface area (Å²) in [6.45, 7) is 7.74. The lowest BCUT2D eigenvalue weighted by Crippen LogP contribution is -2.41. The average Bonchev–Trinajstić information content (AvgIpc) is 2.73.